The maximum absolute atomic E-state index is 12.2. The van der Waals surface area contributed by atoms with Crippen molar-refractivity contribution in [3.63, 3.8) is 0 Å². The zero-order chi connectivity index (χ0) is 14.1. The van der Waals surface area contributed by atoms with Crippen LogP contribution in [0.25, 0.3) is 10.8 Å². The van der Waals surface area contributed by atoms with Crippen molar-refractivity contribution in [2.45, 2.75) is 0 Å². The van der Waals surface area contributed by atoms with Gasteiger partial charge < -0.3 is 10.4 Å². The van der Waals surface area contributed by atoms with Crippen molar-refractivity contribution in [2.75, 3.05) is 5.32 Å². The number of hydrogen-bond donors (Lipinski definition) is 2. The van der Waals surface area contributed by atoms with E-state index in [9.17, 15) is 9.90 Å². The van der Waals surface area contributed by atoms with E-state index in [1.807, 2.05) is 30.3 Å². The highest BCUT2D eigenvalue weighted by molar-refractivity contribution is 9.11. The van der Waals surface area contributed by atoms with E-state index in [1.165, 1.54) is 11.3 Å². The molecule has 100 valence electrons. The summed E-state index contributed by atoms with van der Waals surface area (Å²) in [7, 11) is 0. The number of carbonyl (C=O) groups is 1. The van der Waals surface area contributed by atoms with Crippen LogP contribution in [0.2, 0.25) is 0 Å². The summed E-state index contributed by atoms with van der Waals surface area (Å²) in [5.41, 5.74) is 0.688. The lowest BCUT2D eigenvalue weighted by Crippen LogP contribution is -2.10. The molecule has 2 aromatic carbocycles. The lowest BCUT2D eigenvalue weighted by Gasteiger charge is -2.08. The van der Waals surface area contributed by atoms with Crippen molar-refractivity contribution < 1.29 is 9.90 Å². The number of nitrogens with one attached hydrogen (secondary N) is 1. The first-order chi connectivity index (χ1) is 9.65. The highest BCUT2D eigenvalue weighted by atomic mass is 79.9. The Hall–Kier alpha value is -1.85. The molecule has 0 aliphatic heterocycles. The van der Waals surface area contributed by atoms with Gasteiger partial charge in [-0.2, -0.15) is 0 Å². The molecule has 0 saturated heterocycles. The minimum Gasteiger partial charge on any atom is -0.507 e. The van der Waals surface area contributed by atoms with E-state index in [4.69, 9.17) is 0 Å². The van der Waals surface area contributed by atoms with Crippen LogP contribution in [-0.2, 0) is 0 Å². The average Bonchev–Trinajstić information content (AvgIpc) is 2.87. The van der Waals surface area contributed by atoms with Gasteiger partial charge in [0, 0.05) is 16.5 Å². The highest BCUT2D eigenvalue weighted by Gasteiger charge is 2.11. The van der Waals surface area contributed by atoms with Gasteiger partial charge >= 0.3 is 0 Å². The molecule has 3 aromatic rings. The van der Waals surface area contributed by atoms with Gasteiger partial charge in [-0.25, -0.2) is 0 Å². The number of anilines is 1. The predicted octanol–water partition coefficient (Wildman–Crippen LogP) is 4.62. The highest BCUT2D eigenvalue weighted by Crippen LogP contribution is 2.30. The molecule has 0 bridgehead atoms. The number of fused-ring (bicyclic) bond motifs is 1. The second-order valence-corrected chi connectivity index (χ2v) is 6.70. The molecule has 0 aliphatic rings. The summed E-state index contributed by atoms with van der Waals surface area (Å²) in [6.07, 6.45) is 0. The van der Waals surface area contributed by atoms with Crippen LogP contribution in [0.4, 0.5) is 5.69 Å². The van der Waals surface area contributed by atoms with Crippen molar-refractivity contribution in [1.82, 2.24) is 0 Å². The molecule has 1 aromatic heterocycles. The molecule has 20 heavy (non-hydrogen) atoms. The average molecular weight is 348 g/mol. The zero-order valence-corrected chi connectivity index (χ0v) is 12.7. The minimum absolute atomic E-state index is 0.156. The lowest BCUT2D eigenvalue weighted by molar-refractivity contribution is 0.103. The number of thiophene rings is 1. The van der Waals surface area contributed by atoms with E-state index in [2.05, 4.69) is 21.2 Å². The molecule has 0 unspecified atom stereocenters. The molecular formula is C15H10BrNO2S. The molecule has 0 radical (unpaired) electrons. The molecule has 0 aliphatic carbocycles. The Morgan fingerprint density at radius 2 is 1.80 bits per heavy atom. The van der Waals surface area contributed by atoms with Crippen LogP contribution in [0.15, 0.2) is 52.3 Å². The molecule has 2 N–H and O–H groups in total. The maximum atomic E-state index is 12.2. The second kappa shape index (κ2) is 5.26. The molecule has 1 heterocycles. The van der Waals surface area contributed by atoms with E-state index in [1.54, 1.807) is 18.2 Å². The molecule has 0 atom stereocenters. The fourth-order valence-electron chi connectivity index (χ4n) is 2.02. The number of rotatable bonds is 2. The number of amides is 1. The second-order valence-electron chi connectivity index (χ2n) is 4.24. The number of halogens is 1. The summed E-state index contributed by atoms with van der Waals surface area (Å²) in [6.45, 7) is 0. The first-order valence-corrected chi connectivity index (χ1v) is 7.53. The van der Waals surface area contributed by atoms with Crippen molar-refractivity contribution >= 4 is 49.6 Å². The van der Waals surface area contributed by atoms with Gasteiger partial charge in [0.1, 0.15) is 5.75 Å². The fraction of sp³-hybridized carbons (Fsp3) is 0. The van der Waals surface area contributed by atoms with Crippen LogP contribution in [0.1, 0.15) is 9.67 Å². The molecule has 5 heteroatoms. The Kier molecular flexibility index (Phi) is 3.46. The maximum Gasteiger partial charge on any atom is 0.265 e. The van der Waals surface area contributed by atoms with E-state index >= 15 is 0 Å². The summed E-state index contributed by atoms with van der Waals surface area (Å²) in [5.74, 6) is 0.0500. The molecule has 0 saturated carbocycles. The summed E-state index contributed by atoms with van der Waals surface area (Å²) in [5, 5.41) is 14.3. The number of hydrogen-bond acceptors (Lipinski definition) is 3. The van der Waals surface area contributed by atoms with Crippen LogP contribution in [-0.4, -0.2) is 11.0 Å². The summed E-state index contributed by atoms with van der Waals surface area (Å²) in [6, 6.07) is 14.3. The van der Waals surface area contributed by atoms with Crippen molar-refractivity contribution in [2.24, 2.45) is 0 Å². The Morgan fingerprint density at radius 3 is 2.55 bits per heavy atom. The van der Waals surface area contributed by atoms with Crippen molar-refractivity contribution in [3.8, 4) is 5.75 Å². The SMILES string of the molecule is O=C(Nc1cccc2c(O)cccc12)c1ccc(Br)s1. The van der Waals surface area contributed by atoms with E-state index in [0.717, 1.165) is 14.6 Å². The predicted molar refractivity (Wildman–Crippen MR) is 85.6 cm³/mol. The van der Waals surface area contributed by atoms with Gasteiger partial charge in [0.25, 0.3) is 5.91 Å². The summed E-state index contributed by atoms with van der Waals surface area (Å²) < 4.78 is 0.915. The molecular weight excluding hydrogens is 338 g/mol. The third-order valence-electron chi connectivity index (χ3n) is 2.94. The quantitative estimate of drug-likeness (QED) is 0.710. The smallest absolute Gasteiger partial charge is 0.265 e. The molecule has 1 amide bonds. The minimum atomic E-state index is -0.156. The number of aromatic hydroxyl groups is 1. The third-order valence-corrected chi connectivity index (χ3v) is 4.57. The van der Waals surface area contributed by atoms with Crippen LogP contribution in [0, 0.1) is 0 Å². The summed E-state index contributed by atoms with van der Waals surface area (Å²) >= 11 is 4.72. The van der Waals surface area contributed by atoms with Crippen LogP contribution >= 0.6 is 27.3 Å². The van der Waals surface area contributed by atoms with Crippen molar-refractivity contribution in [1.29, 1.82) is 0 Å². The van der Waals surface area contributed by atoms with Crippen LogP contribution in [0.5, 0.6) is 5.75 Å². The van der Waals surface area contributed by atoms with Gasteiger partial charge in [0.15, 0.2) is 0 Å². The Morgan fingerprint density at radius 1 is 1.05 bits per heavy atom. The Labute approximate surface area is 128 Å². The van der Waals surface area contributed by atoms with Gasteiger partial charge in [-0.3, -0.25) is 4.79 Å². The standard InChI is InChI=1S/C15H10BrNO2S/c16-14-8-7-13(20-14)15(19)17-11-5-1-4-10-9(11)3-2-6-12(10)18/h1-8,18H,(H,17,19). The number of benzene rings is 2. The Bertz CT molecular complexity index is 797. The number of phenols is 1. The van der Waals surface area contributed by atoms with E-state index in [-0.39, 0.29) is 11.7 Å². The largest absolute Gasteiger partial charge is 0.507 e. The molecule has 0 spiro atoms. The number of carbonyl (C=O) groups excluding carboxylic acids is 1. The van der Waals surface area contributed by atoms with Gasteiger partial charge in [-0.15, -0.1) is 11.3 Å². The monoisotopic (exact) mass is 347 g/mol. The summed E-state index contributed by atoms with van der Waals surface area (Å²) in [4.78, 5) is 12.8. The lowest BCUT2D eigenvalue weighted by atomic mass is 10.1. The molecule has 3 rings (SSSR count). The van der Waals surface area contributed by atoms with Crippen LogP contribution < -0.4 is 5.32 Å². The van der Waals surface area contributed by atoms with E-state index in [0.29, 0.717) is 10.6 Å². The van der Waals surface area contributed by atoms with Crippen LogP contribution in [0.3, 0.4) is 0 Å². The zero-order valence-electron chi connectivity index (χ0n) is 10.3. The molecule has 3 nitrogen and oxygen atoms in total. The first kappa shape index (κ1) is 13.1. The Balaban J connectivity index is 1.99. The first-order valence-electron chi connectivity index (χ1n) is 5.92. The van der Waals surface area contributed by atoms with Gasteiger partial charge in [0.05, 0.1) is 8.66 Å². The number of phenolic OH excluding ortho intramolecular Hbond substituents is 1. The normalized spacial score (nSPS) is 10.7. The van der Waals surface area contributed by atoms with Gasteiger partial charge in [0.2, 0.25) is 0 Å². The van der Waals surface area contributed by atoms with Gasteiger partial charge in [-0.05, 0) is 40.2 Å². The fourth-order valence-corrected chi connectivity index (χ4v) is 3.30. The van der Waals surface area contributed by atoms with Gasteiger partial charge in [-0.1, -0.05) is 24.3 Å². The topological polar surface area (TPSA) is 49.3 Å². The third kappa shape index (κ3) is 2.42. The molecule has 0 fully saturated rings. The van der Waals surface area contributed by atoms with Crippen molar-refractivity contribution in [3.05, 3.63) is 57.2 Å². The van der Waals surface area contributed by atoms with E-state index < -0.39 is 0 Å².